The number of piperidine rings is 1. The minimum atomic E-state index is 1.14. The van der Waals surface area contributed by atoms with Crippen LogP contribution >= 0.6 is 0 Å². The van der Waals surface area contributed by atoms with E-state index in [0.29, 0.717) is 0 Å². The van der Waals surface area contributed by atoms with Crippen molar-refractivity contribution in [3.63, 3.8) is 0 Å². The van der Waals surface area contributed by atoms with E-state index in [1.807, 2.05) is 12.3 Å². The molecule has 0 amide bonds. The van der Waals surface area contributed by atoms with Crippen molar-refractivity contribution in [3.05, 3.63) is 24.4 Å². The first-order chi connectivity index (χ1) is 5.97. The Balaban J connectivity index is 2.08. The molecule has 0 aliphatic carbocycles. The molecule has 1 fully saturated rings. The van der Waals surface area contributed by atoms with E-state index in [1.165, 1.54) is 32.4 Å². The van der Waals surface area contributed by atoms with Crippen LogP contribution in [0.1, 0.15) is 19.3 Å². The lowest BCUT2D eigenvalue weighted by Gasteiger charge is -2.27. The molecule has 1 saturated heterocycles. The maximum Gasteiger partial charge on any atom is 0.128 e. The minimum absolute atomic E-state index is 1.14. The summed E-state index contributed by atoms with van der Waals surface area (Å²) in [6.07, 6.45) is 5.88. The fourth-order valence-electron chi connectivity index (χ4n) is 1.66. The minimum Gasteiger partial charge on any atom is -0.357 e. The van der Waals surface area contributed by atoms with Crippen LogP contribution in [-0.4, -0.2) is 18.1 Å². The van der Waals surface area contributed by atoms with E-state index in [-0.39, 0.29) is 0 Å². The number of aromatic nitrogens is 1. The van der Waals surface area contributed by atoms with Gasteiger partial charge in [0.05, 0.1) is 0 Å². The highest BCUT2D eigenvalue weighted by Crippen LogP contribution is 2.15. The number of rotatable bonds is 1. The summed E-state index contributed by atoms with van der Waals surface area (Å²) in [7, 11) is 0. The van der Waals surface area contributed by atoms with Gasteiger partial charge in [-0.1, -0.05) is 6.07 Å². The zero-order valence-electron chi connectivity index (χ0n) is 7.24. The van der Waals surface area contributed by atoms with Gasteiger partial charge in [-0.3, -0.25) is 0 Å². The van der Waals surface area contributed by atoms with E-state index in [1.54, 1.807) is 0 Å². The molecule has 1 aromatic rings. The molecule has 2 heterocycles. The van der Waals surface area contributed by atoms with Crippen molar-refractivity contribution in [1.29, 1.82) is 0 Å². The summed E-state index contributed by atoms with van der Waals surface area (Å²) >= 11 is 0. The van der Waals surface area contributed by atoms with Gasteiger partial charge in [-0.2, -0.15) is 0 Å². The molecule has 0 atom stereocenters. The van der Waals surface area contributed by atoms with Crippen LogP contribution in [0.25, 0.3) is 0 Å². The highest BCUT2D eigenvalue weighted by atomic mass is 15.2. The Morgan fingerprint density at radius 1 is 1.08 bits per heavy atom. The van der Waals surface area contributed by atoms with Crippen molar-refractivity contribution in [2.24, 2.45) is 0 Å². The lowest BCUT2D eigenvalue weighted by Crippen LogP contribution is -2.29. The summed E-state index contributed by atoms with van der Waals surface area (Å²) in [6.45, 7) is 2.36. The Morgan fingerprint density at radius 3 is 2.58 bits per heavy atom. The Kier molecular flexibility index (Phi) is 2.26. The monoisotopic (exact) mass is 162 g/mol. The molecule has 1 aliphatic rings. The van der Waals surface area contributed by atoms with Gasteiger partial charge >= 0.3 is 0 Å². The van der Waals surface area contributed by atoms with E-state index in [2.05, 4.69) is 22.0 Å². The van der Waals surface area contributed by atoms with Crippen molar-refractivity contribution in [2.75, 3.05) is 18.0 Å². The number of hydrogen-bond donors (Lipinski definition) is 0. The third-order valence-electron chi connectivity index (χ3n) is 2.33. The number of hydrogen-bond acceptors (Lipinski definition) is 2. The fourth-order valence-corrected chi connectivity index (χ4v) is 1.66. The third kappa shape index (κ3) is 1.58. The van der Waals surface area contributed by atoms with E-state index in [0.717, 1.165) is 5.82 Å². The average Bonchev–Trinajstić information content (AvgIpc) is 2.21. The zero-order valence-corrected chi connectivity index (χ0v) is 7.24. The first kappa shape index (κ1) is 7.59. The molecule has 12 heavy (non-hydrogen) atoms. The maximum absolute atomic E-state index is 4.33. The Hall–Kier alpha value is -1.05. The van der Waals surface area contributed by atoms with Crippen LogP contribution < -0.4 is 4.90 Å². The normalized spacial score (nSPS) is 17.8. The SMILES string of the molecule is c1ccc(N2CCCCC2)nc1. The van der Waals surface area contributed by atoms with Gasteiger partial charge < -0.3 is 4.90 Å². The maximum atomic E-state index is 4.33. The summed E-state index contributed by atoms with van der Waals surface area (Å²) in [5.74, 6) is 1.14. The quantitative estimate of drug-likeness (QED) is 0.628. The van der Waals surface area contributed by atoms with E-state index >= 15 is 0 Å². The fraction of sp³-hybridized carbons (Fsp3) is 0.500. The molecule has 0 spiro atoms. The predicted octanol–water partition coefficient (Wildman–Crippen LogP) is 2.07. The molecule has 0 unspecified atom stereocenters. The molecule has 0 aromatic carbocycles. The van der Waals surface area contributed by atoms with Gasteiger partial charge in [-0.05, 0) is 31.4 Å². The van der Waals surface area contributed by atoms with Gasteiger partial charge in [0, 0.05) is 19.3 Å². The van der Waals surface area contributed by atoms with Gasteiger partial charge in [0.15, 0.2) is 0 Å². The first-order valence-corrected chi connectivity index (χ1v) is 4.63. The summed E-state index contributed by atoms with van der Waals surface area (Å²) in [6, 6.07) is 6.11. The van der Waals surface area contributed by atoms with Gasteiger partial charge in [0.1, 0.15) is 5.82 Å². The average molecular weight is 162 g/mol. The highest BCUT2D eigenvalue weighted by molar-refractivity contribution is 5.37. The molecule has 2 rings (SSSR count). The molecule has 64 valence electrons. The Labute approximate surface area is 73.2 Å². The van der Waals surface area contributed by atoms with Gasteiger partial charge in [-0.25, -0.2) is 4.98 Å². The van der Waals surface area contributed by atoms with Gasteiger partial charge in [0.25, 0.3) is 0 Å². The molecule has 1 aliphatic heterocycles. The van der Waals surface area contributed by atoms with Crippen LogP contribution in [0.15, 0.2) is 24.4 Å². The van der Waals surface area contributed by atoms with E-state index in [4.69, 9.17) is 0 Å². The van der Waals surface area contributed by atoms with Crippen LogP contribution in [0.4, 0.5) is 5.82 Å². The largest absolute Gasteiger partial charge is 0.357 e. The summed E-state index contributed by atoms with van der Waals surface area (Å²) < 4.78 is 0. The van der Waals surface area contributed by atoms with Crippen molar-refractivity contribution >= 4 is 5.82 Å². The second kappa shape index (κ2) is 3.57. The van der Waals surface area contributed by atoms with Crippen LogP contribution in [0.3, 0.4) is 0 Å². The number of pyridine rings is 1. The zero-order chi connectivity index (χ0) is 8.23. The second-order valence-electron chi connectivity index (χ2n) is 3.24. The second-order valence-corrected chi connectivity index (χ2v) is 3.24. The van der Waals surface area contributed by atoms with Crippen molar-refractivity contribution < 1.29 is 0 Å². The van der Waals surface area contributed by atoms with Crippen molar-refractivity contribution in [2.45, 2.75) is 19.3 Å². The summed E-state index contributed by atoms with van der Waals surface area (Å²) in [5.41, 5.74) is 0. The van der Waals surface area contributed by atoms with Crippen LogP contribution in [0.5, 0.6) is 0 Å². The molecule has 2 nitrogen and oxygen atoms in total. The highest BCUT2D eigenvalue weighted by Gasteiger charge is 2.10. The predicted molar refractivity (Wildman–Crippen MR) is 50.3 cm³/mol. The van der Waals surface area contributed by atoms with E-state index < -0.39 is 0 Å². The molecular weight excluding hydrogens is 148 g/mol. The van der Waals surface area contributed by atoms with Gasteiger partial charge in [-0.15, -0.1) is 0 Å². The van der Waals surface area contributed by atoms with Crippen molar-refractivity contribution in [3.8, 4) is 0 Å². The summed E-state index contributed by atoms with van der Waals surface area (Å²) in [5, 5.41) is 0. The molecule has 0 radical (unpaired) electrons. The van der Waals surface area contributed by atoms with Crippen LogP contribution in [0, 0.1) is 0 Å². The number of nitrogens with zero attached hydrogens (tertiary/aromatic N) is 2. The van der Waals surface area contributed by atoms with Crippen LogP contribution in [0.2, 0.25) is 0 Å². The molecule has 0 saturated carbocycles. The third-order valence-corrected chi connectivity index (χ3v) is 2.33. The lowest BCUT2D eigenvalue weighted by molar-refractivity contribution is 0.573. The summed E-state index contributed by atoms with van der Waals surface area (Å²) in [4.78, 5) is 6.69. The van der Waals surface area contributed by atoms with E-state index in [9.17, 15) is 0 Å². The van der Waals surface area contributed by atoms with Crippen LogP contribution in [-0.2, 0) is 0 Å². The Morgan fingerprint density at radius 2 is 1.92 bits per heavy atom. The smallest absolute Gasteiger partial charge is 0.128 e. The number of anilines is 1. The molecular formula is C10H14N2. The topological polar surface area (TPSA) is 16.1 Å². The molecule has 2 heteroatoms. The Bertz CT molecular complexity index is 227. The van der Waals surface area contributed by atoms with Crippen molar-refractivity contribution in [1.82, 2.24) is 4.98 Å². The van der Waals surface area contributed by atoms with Gasteiger partial charge in [0.2, 0.25) is 0 Å². The lowest BCUT2D eigenvalue weighted by atomic mass is 10.1. The molecule has 0 bridgehead atoms. The molecule has 0 N–H and O–H groups in total. The standard InChI is InChI=1S/C10H14N2/c1-4-8-12(9-5-1)10-6-2-3-7-11-10/h2-3,6-7H,1,4-5,8-9H2. The first-order valence-electron chi connectivity index (χ1n) is 4.63. The molecule has 1 aromatic heterocycles.